The number of carbonyl (C=O) groups excluding carboxylic acids is 1. The fourth-order valence-electron chi connectivity index (χ4n) is 2.92. The molecule has 0 aliphatic heterocycles. The van der Waals surface area contributed by atoms with E-state index in [0.717, 1.165) is 17.3 Å². The van der Waals surface area contributed by atoms with Crippen molar-refractivity contribution in [3.05, 3.63) is 40.5 Å². The Bertz CT molecular complexity index is 998. The quantitative estimate of drug-likeness (QED) is 0.415. The summed E-state index contributed by atoms with van der Waals surface area (Å²) in [6, 6.07) is 4.00. The lowest BCUT2D eigenvalue weighted by Gasteiger charge is -2.21. The summed E-state index contributed by atoms with van der Waals surface area (Å²) in [6.45, 7) is 9.09. The predicted molar refractivity (Wildman–Crippen MR) is 123 cm³/mol. The number of nitrogens with zero attached hydrogens (tertiary/aromatic N) is 2. The largest absolute Gasteiger partial charge is 0.367 e. The first kappa shape index (κ1) is 24.8. The molecule has 0 saturated carbocycles. The highest BCUT2D eigenvalue weighted by Gasteiger charge is 2.22. The van der Waals surface area contributed by atoms with E-state index in [1.54, 1.807) is 19.2 Å². The molecule has 0 atom stereocenters. The van der Waals surface area contributed by atoms with Crippen molar-refractivity contribution < 1.29 is 13.2 Å². The number of hydrogen-bond acceptors (Lipinski definition) is 7. The molecule has 0 aliphatic carbocycles. The van der Waals surface area contributed by atoms with Gasteiger partial charge in [0, 0.05) is 29.9 Å². The van der Waals surface area contributed by atoms with Crippen LogP contribution in [0.15, 0.2) is 29.3 Å². The molecule has 2 aromatic rings. The van der Waals surface area contributed by atoms with Gasteiger partial charge in [0.2, 0.25) is 0 Å². The van der Waals surface area contributed by atoms with Gasteiger partial charge in [0.15, 0.2) is 0 Å². The van der Waals surface area contributed by atoms with Crippen LogP contribution in [0, 0.1) is 0 Å². The normalized spacial score (nSPS) is 11.6. The van der Waals surface area contributed by atoms with Gasteiger partial charge < -0.3 is 16.0 Å². The summed E-state index contributed by atoms with van der Waals surface area (Å²) in [4.78, 5) is 12.5. The van der Waals surface area contributed by atoms with Gasteiger partial charge in [-0.2, -0.15) is 5.10 Å². The third-order valence-corrected chi connectivity index (χ3v) is 6.01. The average molecular weight is 469 g/mol. The lowest BCUT2D eigenvalue weighted by molar-refractivity contribution is 0.256. The summed E-state index contributed by atoms with van der Waals surface area (Å²) in [5, 5.41) is 16.7. The zero-order chi connectivity index (χ0) is 23.2. The lowest BCUT2D eigenvalue weighted by atomic mass is 9.92. The van der Waals surface area contributed by atoms with Crippen LogP contribution in [0.4, 0.5) is 16.3 Å². The average Bonchev–Trinajstić information content (AvgIpc) is 2.68. The van der Waals surface area contributed by atoms with E-state index in [1.807, 2.05) is 32.4 Å². The Morgan fingerprint density at radius 1 is 1.06 bits per heavy atom. The second-order valence-electron chi connectivity index (χ2n) is 7.64. The van der Waals surface area contributed by atoms with Crippen LogP contribution >= 0.6 is 11.6 Å². The van der Waals surface area contributed by atoms with Crippen LogP contribution in [0.25, 0.3) is 0 Å². The van der Waals surface area contributed by atoms with Crippen molar-refractivity contribution in [2.24, 2.45) is 0 Å². The maximum atomic E-state index is 12.7. The maximum Gasteiger partial charge on any atom is 0.333 e. The van der Waals surface area contributed by atoms with Crippen molar-refractivity contribution >= 4 is 39.2 Å². The molecule has 1 aromatic heterocycles. The zero-order valence-electron chi connectivity index (χ0n) is 18.3. The summed E-state index contributed by atoms with van der Waals surface area (Å²) in [7, 11) is -2.35. The van der Waals surface area contributed by atoms with Crippen molar-refractivity contribution in [3.8, 4) is 0 Å². The summed E-state index contributed by atoms with van der Waals surface area (Å²) in [6.07, 6.45) is 1.08. The Kier molecular flexibility index (Phi) is 8.60. The molecule has 0 spiro atoms. The molecule has 0 saturated heterocycles. The Morgan fingerprint density at radius 3 is 2.23 bits per heavy atom. The summed E-state index contributed by atoms with van der Waals surface area (Å²) in [5.74, 6) is 0.429. The van der Waals surface area contributed by atoms with Crippen LogP contribution in [0.2, 0.25) is 5.02 Å². The van der Waals surface area contributed by atoms with E-state index >= 15 is 0 Å². The number of halogens is 1. The fraction of sp³-hybridized carbons (Fsp3) is 0.450. The van der Waals surface area contributed by atoms with Gasteiger partial charge in [-0.05, 0) is 42.1 Å². The Morgan fingerprint density at radius 2 is 1.68 bits per heavy atom. The number of aromatic nitrogens is 2. The molecule has 0 radical (unpaired) electrons. The molecule has 2 rings (SSSR count). The van der Waals surface area contributed by atoms with Gasteiger partial charge in [0.05, 0.1) is 6.20 Å². The van der Waals surface area contributed by atoms with Crippen molar-refractivity contribution in [1.82, 2.24) is 20.2 Å². The summed E-state index contributed by atoms with van der Waals surface area (Å²) >= 11 is 6.25. The number of amides is 2. The van der Waals surface area contributed by atoms with Gasteiger partial charge >= 0.3 is 6.03 Å². The first-order valence-corrected chi connectivity index (χ1v) is 11.8. The van der Waals surface area contributed by atoms with Crippen LogP contribution in [0.5, 0.6) is 0 Å². The molecule has 11 heteroatoms. The van der Waals surface area contributed by atoms with Gasteiger partial charge in [0.25, 0.3) is 10.0 Å². The minimum absolute atomic E-state index is 0.0683. The van der Waals surface area contributed by atoms with Gasteiger partial charge in [-0.3, -0.25) is 0 Å². The van der Waals surface area contributed by atoms with E-state index in [0.29, 0.717) is 29.6 Å². The standard InChI is InChI=1S/C20H29ClN6O3S/c1-12(2)16-8-14(21)9-17(13(3)4)19(16)25-20(28)27-31(29,30)15-10-18(26-24-11-15)23-7-6-22-5/h8-13,22H,6-7H2,1-5H3,(H,23,26)(H2,25,27,28). The number of hydrogen-bond donors (Lipinski definition) is 4. The lowest BCUT2D eigenvalue weighted by Crippen LogP contribution is -2.35. The number of benzene rings is 1. The number of rotatable bonds is 9. The molecule has 4 N–H and O–H groups in total. The Labute approximate surface area is 188 Å². The van der Waals surface area contributed by atoms with Crippen molar-refractivity contribution in [3.63, 3.8) is 0 Å². The first-order chi connectivity index (χ1) is 14.5. The topological polar surface area (TPSA) is 125 Å². The van der Waals surface area contributed by atoms with Crippen LogP contribution in [0.1, 0.15) is 50.7 Å². The fourth-order valence-corrected chi connectivity index (χ4v) is 4.02. The molecule has 2 amide bonds. The zero-order valence-corrected chi connectivity index (χ0v) is 19.9. The predicted octanol–water partition coefficient (Wildman–Crippen LogP) is 3.52. The molecule has 31 heavy (non-hydrogen) atoms. The Balaban J connectivity index is 2.25. The molecule has 1 aromatic carbocycles. The second-order valence-corrected chi connectivity index (χ2v) is 9.75. The first-order valence-electron chi connectivity index (χ1n) is 9.93. The highest BCUT2D eigenvalue weighted by Crippen LogP contribution is 2.35. The molecule has 0 unspecified atom stereocenters. The number of likely N-dealkylation sites (N-methyl/N-ethyl adjacent to an activating group) is 1. The van der Waals surface area contributed by atoms with Crippen molar-refractivity contribution in [2.45, 2.75) is 44.4 Å². The molecule has 9 nitrogen and oxygen atoms in total. The van der Waals surface area contributed by atoms with Gasteiger partial charge in [-0.1, -0.05) is 39.3 Å². The third kappa shape index (κ3) is 6.78. The van der Waals surface area contributed by atoms with E-state index in [9.17, 15) is 13.2 Å². The molecular weight excluding hydrogens is 440 g/mol. The molecule has 0 fully saturated rings. The Hall–Kier alpha value is -2.43. The molecule has 0 bridgehead atoms. The highest BCUT2D eigenvalue weighted by atomic mass is 35.5. The smallest absolute Gasteiger partial charge is 0.333 e. The van der Waals surface area contributed by atoms with Crippen LogP contribution in [0.3, 0.4) is 0 Å². The molecule has 1 heterocycles. The number of nitrogens with one attached hydrogen (secondary N) is 4. The van der Waals surface area contributed by atoms with E-state index in [1.165, 1.54) is 6.07 Å². The highest BCUT2D eigenvalue weighted by molar-refractivity contribution is 7.90. The summed E-state index contributed by atoms with van der Waals surface area (Å²) in [5.41, 5.74) is 2.21. The maximum absolute atomic E-state index is 12.7. The van der Waals surface area contributed by atoms with E-state index in [2.05, 4.69) is 26.1 Å². The van der Waals surface area contributed by atoms with Gasteiger partial charge in [-0.15, -0.1) is 5.10 Å². The number of anilines is 2. The SMILES string of the molecule is CNCCNc1cc(S(=O)(=O)NC(=O)Nc2c(C(C)C)cc(Cl)cc2C(C)C)cnn1. The monoisotopic (exact) mass is 468 g/mol. The number of carbonyl (C=O) groups is 1. The minimum Gasteiger partial charge on any atom is -0.367 e. The van der Waals surface area contributed by atoms with Crippen LogP contribution < -0.4 is 20.7 Å². The van der Waals surface area contributed by atoms with Crippen molar-refractivity contribution in [1.29, 1.82) is 0 Å². The number of sulfonamides is 1. The van der Waals surface area contributed by atoms with Crippen LogP contribution in [-0.2, 0) is 10.0 Å². The minimum atomic E-state index is -4.15. The molecular formula is C20H29ClN6O3S. The van der Waals surface area contributed by atoms with E-state index < -0.39 is 16.1 Å². The molecule has 170 valence electrons. The van der Waals surface area contributed by atoms with Gasteiger partial charge in [-0.25, -0.2) is 17.9 Å². The van der Waals surface area contributed by atoms with Crippen LogP contribution in [-0.4, -0.2) is 44.8 Å². The van der Waals surface area contributed by atoms with E-state index in [-0.39, 0.29) is 16.7 Å². The molecule has 0 aliphatic rings. The number of urea groups is 1. The van der Waals surface area contributed by atoms with Gasteiger partial charge in [0.1, 0.15) is 10.7 Å². The summed E-state index contributed by atoms with van der Waals surface area (Å²) < 4.78 is 27.5. The van der Waals surface area contributed by atoms with Crippen molar-refractivity contribution in [2.75, 3.05) is 30.8 Å². The second kappa shape index (κ2) is 10.7. The third-order valence-electron chi connectivity index (χ3n) is 4.49. The van der Waals surface area contributed by atoms with E-state index in [4.69, 9.17) is 11.6 Å².